The van der Waals surface area contributed by atoms with Crippen LogP contribution in [0.2, 0.25) is 0 Å². The fourth-order valence-electron chi connectivity index (χ4n) is 3.85. The highest BCUT2D eigenvalue weighted by Crippen LogP contribution is 2.28. The maximum absolute atomic E-state index is 12.7. The lowest BCUT2D eigenvalue weighted by Gasteiger charge is -2.31. The number of rotatable bonds is 8. The van der Waals surface area contributed by atoms with Gasteiger partial charge in [-0.1, -0.05) is 12.1 Å². The molecule has 3 heterocycles. The Kier molecular flexibility index (Phi) is 7.21. The van der Waals surface area contributed by atoms with Crippen LogP contribution >= 0.6 is 11.3 Å². The van der Waals surface area contributed by atoms with Crippen LogP contribution in [0.4, 0.5) is 5.82 Å². The Balaban J connectivity index is 1.27. The van der Waals surface area contributed by atoms with E-state index in [1.54, 1.807) is 18.4 Å². The van der Waals surface area contributed by atoms with Gasteiger partial charge in [0.15, 0.2) is 17.3 Å². The fourth-order valence-corrected chi connectivity index (χ4v) is 4.54. The number of carbonyl (C=O) groups excluding carboxylic acids is 1. The molecule has 7 nitrogen and oxygen atoms in total. The first-order chi connectivity index (χ1) is 15.7. The molecular formula is C24H28N4O3S. The molecule has 3 aromatic rings. The first-order valence-corrected chi connectivity index (χ1v) is 11.8. The molecule has 1 saturated heterocycles. The van der Waals surface area contributed by atoms with Gasteiger partial charge in [0.1, 0.15) is 5.69 Å². The Hall–Kier alpha value is -3.13. The Labute approximate surface area is 192 Å². The zero-order chi connectivity index (χ0) is 22.3. The zero-order valence-electron chi connectivity index (χ0n) is 18.4. The molecule has 1 amide bonds. The number of anilines is 1. The van der Waals surface area contributed by atoms with E-state index in [4.69, 9.17) is 9.47 Å². The third-order valence-corrected chi connectivity index (χ3v) is 6.50. The van der Waals surface area contributed by atoms with Crippen LogP contribution in [0, 0.1) is 5.92 Å². The number of carbonyl (C=O) groups is 1. The van der Waals surface area contributed by atoms with Crippen LogP contribution in [0.25, 0.3) is 10.6 Å². The van der Waals surface area contributed by atoms with Crippen molar-refractivity contribution in [2.45, 2.75) is 26.3 Å². The molecule has 0 bridgehead atoms. The minimum atomic E-state index is 0.00851. The molecular weight excluding hydrogens is 424 g/mol. The second-order valence-electron chi connectivity index (χ2n) is 7.65. The van der Waals surface area contributed by atoms with Gasteiger partial charge >= 0.3 is 0 Å². The van der Waals surface area contributed by atoms with E-state index >= 15 is 0 Å². The summed E-state index contributed by atoms with van der Waals surface area (Å²) in [6.45, 7) is 4.57. The van der Waals surface area contributed by atoms with Gasteiger partial charge in [-0.15, -0.1) is 21.5 Å². The Bertz CT molecular complexity index is 1020. The van der Waals surface area contributed by atoms with Gasteiger partial charge in [0, 0.05) is 25.6 Å². The molecule has 32 heavy (non-hydrogen) atoms. The first-order valence-electron chi connectivity index (χ1n) is 10.9. The number of benzene rings is 1. The highest BCUT2D eigenvalue weighted by atomic mass is 32.1. The second kappa shape index (κ2) is 10.5. The molecule has 0 unspecified atom stereocenters. The molecule has 1 aromatic carbocycles. The van der Waals surface area contributed by atoms with Crippen molar-refractivity contribution in [3.8, 4) is 22.1 Å². The van der Waals surface area contributed by atoms with E-state index in [0.717, 1.165) is 47.9 Å². The quantitative estimate of drug-likeness (QED) is 0.553. The standard InChI is InChI=1S/C24H28N4O3S/c1-3-31-20-8-6-17(15-21(20)30-2)16-25-24(29)18-10-12-28(13-11-18)23-9-7-19(26-27-23)22-5-4-14-32-22/h4-9,14-15,18H,3,10-13,16H2,1-2H3,(H,25,29). The van der Waals surface area contributed by atoms with Gasteiger partial charge in [0.05, 0.1) is 18.6 Å². The summed E-state index contributed by atoms with van der Waals surface area (Å²) < 4.78 is 10.9. The molecule has 0 saturated carbocycles. The first kappa shape index (κ1) is 22.1. The Morgan fingerprint density at radius 2 is 2.00 bits per heavy atom. The number of piperidine rings is 1. The van der Waals surface area contributed by atoms with Crippen LogP contribution in [0.15, 0.2) is 47.8 Å². The van der Waals surface area contributed by atoms with Gasteiger partial charge in [0.2, 0.25) is 5.91 Å². The number of ether oxygens (including phenoxy) is 2. The van der Waals surface area contributed by atoms with E-state index in [-0.39, 0.29) is 11.8 Å². The average molecular weight is 453 g/mol. The number of nitrogens with one attached hydrogen (secondary N) is 1. The van der Waals surface area contributed by atoms with Gasteiger partial charge < -0.3 is 19.7 Å². The number of hydrogen-bond donors (Lipinski definition) is 1. The third kappa shape index (κ3) is 5.19. The second-order valence-corrected chi connectivity index (χ2v) is 8.60. The van der Waals surface area contributed by atoms with Gasteiger partial charge in [-0.3, -0.25) is 4.79 Å². The number of aromatic nitrogens is 2. The lowest BCUT2D eigenvalue weighted by molar-refractivity contribution is -0.125. The number of nitrogens with zero attached hydrogens (tertiary/aromatic N) is 3. The van der Waals surface area contributed by atoms with E-state index < -0.39 is 0 Å². The van der Waals surface area contributed by atoms with Crippen molar-refractivity contribution in [2.75, 3.05) is 31.7 Å². The molecule has 168 valence electrons. The summed E-state index contributed by atoms with van der Waals surface area (Å²) in [5.41, 5.74) is 1.88. The van der Waals surface area contributed by atoms with Crippen molar-refractivity contribution in [3.05, 3.63) is 53.4 Å². The van der Waals surface area contributed by atoms with E-state index in [9.17, 15) is 4.79 Å². The molecule has 0 aliphatic carbocycles. The van der Waals surface area contributed by atoms with E-state index in [1.807, 2.05) is 54.8 Å². The summed E-state index contributed by atoms with van der Waals surface area (Å²) in [5.74, 6) is 2.36. The van der Waals surface area contributed by atoms with Crippen molar-refractivity contribution in [2.24, 2.45) is 5.92 Å². The summed E-state index contributed by atoms with van der Waals surface area (Å²) in [6, 6.07) is 13.8. The minimum Gasteiger partial charge on any atom is -0.493 e. The van der Waals surface area contributed by atoms with Crippen LogP contribution in [0.1, 0.15) is 25.3 Å². The molecule has 1 fully saturated rings. The number of amides is 1. The monoisotopic (exact) mass is 452 g/mol. The summed E-state index contributed by atoms with van der Waals surface area (Å²) in [5, 5.41) is 13.9. The van der Waals surface area contributed by atoms with Gasteiger partial charge in [-0.2, -0.15) is 0 Å². The zero-order valence-corrected chi connectivity index (χ0v) is 19.2. The third-order valence-electron chi connectivity index (χ3n) is 5.61. The number of hydrogen-bond acceptors (Lipinski definition) is 7. The fraction of sp³-hybridized carbons (Fsp3) is 0.375. The van der Waals surface area contributed by atoms with Crippen LogP contribution in [0.3, 0.4) is 0 Å². The van der Waals surface area contributed by atoms with Crippen molar-refractivity contribution >= 4 is 23.1 Å². The molecule has 4 rings (SSSR count). The maximum atomic E-state index is 12.7. The van der Waals surface area contributed by atoms with Crippen LogP contribution < -0.4 is 19.7 Å². The largest absolute Gasteiger partial charge is 0.493 e. The van der Waals surface area contributed by atoms with Crippen LogP contribution in [0.5, 0.6) is 11.5 Å². The van der Waals surface area contributed by atoms with Crippen molar-refractivity contribution in [1.29, 1.82) is 0 Å². The molecule has 1 N–H and O–H groups in total. The summed E-state index contributed by atoms with van der Waals surface area (Å²) in [7, 11) is 1.62. The van der Waals surface area contributed by atoms with E-state index in [0.29, 0.717) is 24.7 Å². The molecule has 2 aromatic heterocycles. The van der Waals surface area contributed by atoms with Gasteiger partial charge in [-0.05, 0) is 61.0 Å². The van der Waals surface area contributed by atoms with Crippen molar-refractivity contribution < 1.29 is 14.3 Å². The van der Waals surface area contributed by atoms with E-state index in [1.165, 1.54) is 0 Å². The summed E-state index contributed by atoms with van der Waals surface area (Å²) in [6.07, 6.45) is 1.60. The number of thiophene rings is 1. The molecule has 0 atom stereocenters. The minimum absolute atomic E-state index is 0.00851. The summed E-state index contributed by atoms with van der Waals surface area (Å²) >= 11 is 1.65. The van der Waals surface area contributed by atoms with Crippen molar-refractivity contribution in [1.82, 2.24) is 15.5 Å². The summed E-state index contributed by atoms with van der Waals surface area (Å²) in [4.78, 5) is 16.0. The molecule has 1 aliphatic rings. The lowest BCUT2D eigenvalue weighted by atomic mass is 9.96. The van der Waals surface area contributed by atoms with Crippen LogP contribution in [-0.2, 0) is 11.3 Å². The Morgan fingerprint density at radius 1 is 1.16 bits per heavy atom. The lowest BCUT2D eigenvalue weighted by Crippen LogP contribution is -2.40. The maximum Gasteiger partial charge on any atom is 0.223 e. The highest BCUT2D eigenvalue weighted by Gasteiger charge is 2.25. The Morgan fingerprint density at radius 3 is 2.66 bits per heavy atom. The molecule has 0 radical (unpaired) electrons. The molecule has 0 spiro atoms. The van der Waals surface area contributed by atoms with Crippen molar-refractivity contribution in [3.63, 3.8) is 0 Å². The highest BCUT2D eigenvalue weighted by molar-refractivity contribution is 7.13. The van der Waals surface area contributed by atoms with Gasteiger partial charge in [-0.25, -0.2) is 0 Å². The molecule has 8 heteroatoms. The predicted molar refractivity (Wildman–Crippen MR) is 126 cm³/mol. The van der Waals surface area contributed by atoms with Gasteiger partial charge in [0.25, 0.3) is 0 Å². The average Bonchev–Trinajstić information content (AvgIpc) is 3.39. The smallest absolute Gasteiger partial charge is 0.223 e. The number of methoxy groups -OCH3 is 1. The predicted octanol–water partition coefficient (Wildman–Crippen LogP) is 4.15. The van der Waals surface area contributed by atoms with E-state index in [2.05, 4.69) is 20.4 Å². The normalized spacial score (nSPS) is 14.2. The molecule has 1 aliphatic heterocycles. The van der Waals surface area contributed by atoms with Crippen LogP contribution in [-0.4, -0.2) is 42.9 Å². The topological polar surface area (TPSA) is 76.6 Å². The SMILES string of the molecule is CCOc1ccc(CNC(=O)C2CCN(c3ccc(-c4cccs4)nn3)CC2)cc1OC.